The molecule has 2 N–H and O–H groups in total. The quantitative estimate of drug-likeness (QED) is 0.319. The Balaban J connectivity index is 1.76. The highest BCUT2D eigenvalue weighted by Gasteiger charge is 2.14. The topological polar surface area (TPSA) is 128 Å². The molecule has 0 aliphatic rings. The molecule has 0 atom stereocenters. The lowest BCUT2D eigenvalue weighted by atomic mass is 10.2. The second-order valence-electron chi connectivity index (χ2n) is 6.10. The molecule has 0 unspecified atom stereocenters. The maximum Gasteiger partial charge on any atom is 0.306 e. The monoisotopic (exact) mass is 497 g/mol. The fourth-order valence-electron chi connectivity index (χ4n) is 2.33. The third kappa shape index (κ3) is 6.82. The molecule has 0 saturated carbocycles. The Kier molecular flexibility index (Phi) is 8.31. The maximum atomic E-state index is 12.0. The van der Waals surface area contributed by atoms with Gasteiger partial charge in [-0.05, 0) is 46.6 Å². The van der Waals surface area contributed by atoms with Crippen LogP contribution in [-0.2, 0) is 19.1 Å². The van der Waals surface area contributed by atoms with E-state index in [1.165, 1.54) is 24.3 Å². The first-order chi connectivity index (χ1) is 14.2. The standard InChI is InChI=1S/C19H17BrClN3O6/c1-11-15(6-5-14(20)19(11)21)23-17(26)10-30-18(27)8-7-16(25)22-12-3-2-4-13(9-12)24(28)29/h2-6,9H,7-8,10H2,1H3,(H,22,25)(H,23,26). The predicted octanol–water partition coefficient (Wildman–Crippen LogP) is 4.22. The van der Waals surface area contributed by atoms with Crippen LogP contribution in [-0.4, -0.2) is 29.3 Å². The number of rotatable bonds is 8. The van der Waals surface area contributed by atoms with E-state index in [4.69, 9.17) is 16.3 Å². The molecule has 2 rings (SSSR count). The van der Waals surface area contributed by atoms with Crippen molar-refractivity contribution < 1.29 is 24.0 Å². The minimum Gasteiger partial charge on any atom is -0.456 e. The van der Waals surface area contributed by atoms with E-state index in [9.17, 15) is 24.5 Å². The molecule has 0 aliphatic carbocycles. The fourth-order valence-corrected chi connectivity index (χ4v) is 2.92. The molecular weight excluding hydrogens is 482 g/mol. The van der Waals surface area contributed by atoms with Crippen LogP contribution in [0.5, 0.6) is 0 Å². The Morgan fingerprint density at radius 1 is 1.13 bits per heavy atom. The highest BCUT2D eigenvalue weighted by Crippen LogP contribution is 2.30. The zero-order valence-electron chi connectivity index (χ0n) is 15.7. The number of ether oxygens (including phenoxy) is 1. The van der Waals surface area contributed by atoms with E-state index in [2.05, 4.69) is 26.6 Å². The number of amides is 2. The number of esters is 1. The van der Waals surface area contributed by atoms with E-state index in [0.29, 0.717) is 20.7 Å². The number of nitrogens with zero attached hydrogens (tertiary/aromatic N) is 1. The van der Waals surface area contributed by atoms with Crippen LogP contribution in [0.2, 0.25) is 5.02 Å². The highest BCUT2D eigenvalue weighted by atomic mass is 79.9. The number of nitrogens with one attached hydrogen (secondary N) is 2. The van der Waals surface area contributed by atoms with Gasteiger partial charge in [0, 0.05) is 34.4 Å². The Hall–Kier alpha value is -2.98. The molecule has 2 aromatic carbocycles. The number of benzene rings is 2. The highest BCUT2D eigenvalue weighted by molar-refractivity contribution is 9.10. The van der Waals surface area contributed by atoms with E-state index in [1.54, 1.807) is 19.1 Å². The van der Waals surface area contributed by atoms with Crippen LogP contribution in [0.1, 0.15) is 18.4 Å². The second-order valence-corrected chi connectivity index (χ2v) is 7.33. The van der Waals surface area contributed by atoms with Crippen LogP contribution < -0.4 is 10.6 Å². The first kappa shape index (κ1) is 23.3. The van der Waals surface area contributed by atoms with Gasteiger partial charge in [0.15, 0.2) is 6.61 Å². The van der Waals surface area contributed by atoms with Crippen LogP contribution in [0.4, 0.5) is 17.1 Å². The summed E-state index contributed by atoms with van der Waals surface area (Å²) in [4.78, 5) is 45.8. The van der Waals surface area contributed by atoms with E-state index in [0.717, 1.165) is 0 Å². The van der Waals surface area contributed by atoms with Crippen molar-refractivity contribution in [2.75, 3.05) is 17.2 Å². The van der Waals surface area contributed by atoms with Crippen molar-refractivity contribution in [3.8, 4) is 0 Å². The molecule has 0 aliphatic heterocycles. The van der Waals surface area contributed by atoms with Crippen molar-refractivity contribution in [1.82, 2.24) is 0 Å². The van der Waals surface area contributed by atoms with Crippen molar-refractivity contribution in [2.45, 2.75) is 19.8 Å². The SMILES string of the molecule is Cc1c(NC(=O)COC(=O)CCC(=O)Nc2cccc([N+](=O)[O-])c2)ccc(Br)c1Cl. The number of nitro groups is 1. The summed E-state index contributed by atoms with van der Waals surface area (Å²) in [7, 11) is 0. The van der Waals surface area contributed by atoms with Crippen LogP contribution in [0, 0.1) is 17.0 Å². The van der Waals surface area contributed by atoms with Gasteiger partial charge in [-0.2, -0.15) is 0 Å². The normalized spacial score (nSPS) is 10.2. The van der Waals surface area contributed by atoms with Gasteiger partial charge in [-0.25, -0.2) is 0 Å². The molecule has 30 heavy (non-hydrogen) atoms. The number of nitro benzene ring substituents is 1. The van der Waals surface area contributed by atoms with Crippen LogP contribution in [0.15, 0.2) is 40.9 Å². The minimum atomic E-state index is -0.732. The number of carbonyl (C=O) groups is 3. The molecular formula is C19H17BrClN3O6. The third-order valence-corrected chi connectivity index (χ3v) is 5.25. The van der Waals surface area contributed by atoms with Gasteiger partial charge in [-0.3, -0.25) is 24.5 Å². The largest absolute Gasteiger partial charge is 0.456 e. The molecule has 0 radical (unpaired) electrons. The third-order valence-electron chi connectivity index (χ3n) is 3.87. The number of non-ortho nitro benzene ring substituents is 1. The molecule has 0 fully saturated rings. The lowest BCUT2D eigenvalue weighted by molar-refractivity contribution is -0.384. The number of anilines is 2. The summed E-state index contributed by atoms with van der Waals surface area (Å²) in [6.45, 7) is 1.22. The molecule has 0 saturated heterocycles. The molecule has 11 heteroatoms. The smallest absolute Gasteiger partial charge is 0.306 e. The predicted molar refractivity (Wildman–Crippen MR) is 114 cm³/mol. The molecule has 0 aromatic heterocycles. The molecule has 158 valence electrons. The summed E-state index contributed by atoms with van der Waals surface area (Å²) in [5.74, 6) is -1.80. The second kappa shape index (κ2) is 10.7. The summed E-state index contributed by atoms with van der Waals surface area (Å²) < 4.78 is 5.55. The summed E-state index contributed by atoms with van der Waals surface area (Å²) in [5.41, 5.74) is 1.22. The van der Waals surface area contributed by atoms with E-state index >= 15 is 0 Å². The first-order valence-electron chi connectivity index (χ1n) is 8.61. The zero-order chi connectivity index (χ0) is 22.3. The Bertz CT molecular complexity index is 998. The fraction of sp³-hybridized carbons (Fsp3) is 0.211. The van der Waals surface area contributed by atoms with E-state index in [1.807, 2.05) is 0 Å². The number of hydrogen-bond acceptors (Lipinski definition) is 6. The Morgan fingerprint density at radius 3 is 2.57 bits per heavy atom. The molecule has 2 amide bonds. The van der Waals surface area contributed by atoms with Gasteiger partial charge in [-0.1, -0.05) is 17.7 Å². The van der Waals surface area contributed by atoms with Crippen molar-refractivity contribution in [3.63, 3.8) is 0 Å². The summed E-state index contributed by atoms with van der Waals surface area (Å²) in [6.07, 6.45) is -0.457. The van der Waals surface area contributed by atoms with E-state index in [-0.39, 0.29) is 24.2 Å². The number of halogens is 2. The van der Waals surface area contributed by atoms with E-state index < -0.39 is 29.3 Å². The lowest BCUT2D eigenvalue weighted by Crippen LogP contribution is -2.22. The van der Waals surface area contributed by atoms with Crippen molar-refractivity contribution in [2.24, 2.45) is 0 Å². The molecule has 9 nitrogen and oxygen atoms in total. The molecule has 0 spiro atoms. The minimum absolute atomic E-state index is 0.166. The van der Waals surface area contributed by atoms with Gasteiger partial charge < -0.3 is 15.4 Å². The average Bonchev–Trinajstić information content (AvgIpc) is 2.71. The van der Waals surface area contributed by atoms with Gasteiger partial charge in [0.1, 0.15) is 0 Å². The van der Waals surface area contributed by atoms with Gasteiger partial charge in [0.05, 0.1) is 16.4 Å². The Labute approximate surface area is 185 Å². The lowest BCUT2D eigenvalue weighted by Gasteiger charge is -2.11. The van der Waals surface area contributed by atoms with Crippen LogP contribution >= 0.6 is 27.5 Å². The zero-order valence-corrected chi connectivity index (χ0v) is 18.1. The van der Waals surface area contributed by atoms with Crippen molar-refractivity contribution in [1.29, 1.82) is 0 Å². The van der Waals surface area contributed by atoms with Gasteiger partial charge in [0.2, 0.25) is 5.91 Å². The Morgan fingerprint density at radius 2 is 1.87 bits per heavy atom. The summed E-state index contributed by atoms with van der Waals surface area (Å²) in [6, 6.07) is 8.75. The van der Waals surface area contributed by atoms with Crippen LogP contribution in [0.25, 0.3) is 0 Å². The van der Waals surface area contributed by atoms with Crippen molar-refractivity contribution in [3.05, 3.63) is 61.6 Å². The average molecular weight is 499 g/mol. The van der Waals surface area contributed by atoms with Crippen molar-refractivity contribution >= 4 is 62.4 Å². The molecule has 0 heterocycles. The maximum absolute atomic E-state index is 12.0. The molecule has 0 bridgehead atoms. The number of hydrogen-bond donors (Lipinski definition) is 2. The molecule has 2 aromatic rings. The summed E-state index contributed by atoms with van der Waals surface area (Å²) in [5, 5.41) is 16.2. The number of carbonyl (C=O) groups excluding carboxylic acids is 3. The van der Waals surface area contributed by atoms with Gasteiger partial charge in [0.25, 0.3) is 11.6 Å². The van der Waals surface area contributed by atoms with Gasteiger partial charge >= 0.3 is 5.97 Å². The summed E-state index contributed by atoms with van der Waals surface area (Å²) >= 11 is 9.37. The van der Waals surface area contributed by atoms with Gasteiger partial charge in [-0.15, -0.1) is 0 Å². The van der Waals surface area contributed by atoms with Crippen LogP contribution in [0.3, 0.4) is 0 Å². The first-order valence-corrected chi connectivity index (χ1v) is 9.79.